The zero-order valence-electron chi connectivity index (χ0n) is 13.5. The Balaban J connectivity index is 2.23. The average molecular weight is 410 g/mol. The summed E-state index contributed by atoms with van der Waals surface area (Å²) in [7, 11) is -8.62. The second-order valence-corrected chi connectivity index (χ2v) is 8.72. The predicted octanol–water partition coefficient (Wildman–Crippen LogP) is 1.39. The fourth-order valence-electron chi connectivity index (χ4n) is 2.68. The molecule has 0 fully saturated rings. The van der Waals surface area contributed by atoms with Crippen molar-refractivity contribution in [3.63, 3.8) is 0 Å². The van der Waals surface area contributed by atoms with E-state index in [2.05, 4.69) is 0 Å². The molecule has 3 aromatic carbocycles. The molecule has 0 saturated heterocycles. The van der Waals surface area contributed by atoms with Gasteiger partial charge in [0.25, 0.3) is 10.1 Å². The standard InChI is InChI=1S/C16H14N2O7S2/c17-15-14(27(23,24)25)6-9-2-1-8(5-12(9)16(15)20)11-4-3-10(7-13(11)19)26(18,21)22/h1-7,19-20H,17H2,(H2,18,21,22)(H,23,24,25). The van der Waals surface area contributed by atoms with E-state index in [1.54, 1.807) is 0 Å². The lowest BCUT2D eigenvalue weighted by molar-refractivity contribution is 0.473. The molecule has 3 rings (SSSR count). The third-order valence-corrected chi connectivity index (χ3v) is 5.81. The molecule has 27 heavy (non-hydrogen) atoms. The number of anilines is 1. The Labute approximate surface area is 154 Å². The van der Waals surface area contributed by atoms with Crippen LogP contribution in [0.15, 0.2) is 52.3 Å². The molecule has 0 aliphatic carbocycles. The Bertz CT molecular complexity index is 1300. The van der Waals surface area contributed by atoms with Crippen LogP contribution in [0.25, 0.3) is 21.9 Å². The Morgan fingerprint density at radius 3 is 2.11 bits per heavy atom. The van der Waals surface area contributed by atoms with Gasteiger partial charge in [-0.25, -0.2) is 13.6 Å². The van der Waals surface area contributed by atoms with Crippen molar-refractivity contribution < 1.29 is 31.6 Å². The molecule has 0 heterocycles. The molecule has 9 nitrogen and oxygen atoms in total. The molecular formula is C16H14N2O7S2. The van der Waals surface area contributed by atoms with E-state index in [4.69, 9.17) is 10.9 Å². The van der Waals surface area contributed by atoms with E-state index in [1.165, 1.54) is 30.3 Å². The third kappa shape index (κ3) is 3.40. The zero-order chi connectivity index (χ0) is 20.1. The summed E-state index contributed by atoms with van der Waals surface area (Å²) in [5.74, 6) is -0.912. The lowest BCUT2D eigenvalue weighted by Crippen LogP contribution is -2.11. The first-order valence-electron chi connectivity index (χ1n) is 7.28. The van der Waals surface area contributed by atoms with Gasteiger partial charge >= 0.3 is 0 Å². The summed E-state index contributed by atoms with van der Waals surface area (Å²) in [5.41, 5.74) is 5.73. The van der Waals surface area contributed by atoms with Crippen molar-refractivity contribution in [1.29, 1.82) is 0 Å². The number of benzene rings is 3. The molecule has 0 saturated carbocycles. The van der Waals surface area contributed by atoms with Gasteiger partial charge in [-0.2, -0.15) is 8.42 Å². The normalized spacial score (nSPS) is 12.4. The highest BCUT2D eigenvalue weighted by atomic mass is 32.2. The molecule has 0 radical (unpaired) electrons. The maximum absolute atomic E-state index is 11.4. The van der Waals surface area contributed by atoms with Gasteiger partial charge in [0.15, 0.2) is 0 Å². The number of phenolic OH excluding ortho intramolecular Hbond substituents is 2. The van der Waals surface area contributed by atoms with E-state index in [1.807, 2.05) is 0 Å². The second-order valence-electron chi connectivity index (χ2n) is 5.77. The first kappa shape index (κ1) is 18.9. The fourth-order valence-corrected chi connectivity index (χ4v) is 3.87. The highest BCUT2D eigenvalue weighted by Crippen LogP contribution is 2.39. The molecule has 11 heteroatoms. The van der Waals surface area contributed by atoms with Crippen molar-refractivity contribution in [3.8, 4) is 22.6 Å². The van der Waals surface area contributed by atoms with Crippen molar-refractivity contribution in [2.75, 3.05) is 5.73 Å². The summed E-state index contributed by atoms with van der Waals surface area (Å²) in [6, 6.07) is 9.04. The predicted molar refractivity (Wildman–Crippen MR) is 98.3 cm³/mol. The molecule has 7 N–H and O–H groups in total. The SMILES string of the molecule is Nc1c(S(=O)(=O)O)cc2ccc(-c3ccc(S(N)(=O)=O)cc3O)cc2c1O. The lowest BCUT2D eigenvalue weighted by atomic mass is 9.99. The van der Waals surface area contributed by atoms with Crippen LogP contribution in [0.3, 0.4) is 0 Å². The number of nitrogen functional groups attached to an aromatic ring is 1. The van der Waals surface area contributed by atoms with E-state index >= 15 is 0 Å². The number of nitrogens with two attached hydrogens (primary N) is 2. The molecule has 0 aliphatic rings. The van der Waals surface area contributed by atoms with Crippen LogP contribution in [0.1, 0.15) is 0 Å². The summed E-state index contributed by atoms with van der Waals surface area (Å²) < 4.78 is 54.6. The van der Waals surface area contributed by atoms with E-state index in [0.29, 0.717) is 5.56 Å². The molecule has 0 amide bonds. The molecule has 0 aliphatic heterocycles. The second kappa shape index (κ2) is 6.09. The third-order valence-electron chi connectivity index (χ3n) is 4.00. The van der Waals surface area contributed by atoms with Gasteiger partial charge in [0.05, 0.1) is 10.6 Å². The first-order valence-corrected chi connectivity index (χ1v) is 10.3. The van der Waals surface area contributed by atoms with E-state index in [9.17, 15) is 31.6 Å². The van der Waals surface area contributed by atoms with Crippen LogP contribution in [-0.4, -0.2) is 31.6 Å². The van der Waals surface area contributed by atoms with Gasteiger partial charge in [0, 0.05) is 17.0 Å². The molecule has 0 bridgehead atoms. The van der Waals surface area contributed by atoms with Gasteiger partial charge in [-0.05, 0) is 35.2 Å². The summed E-state index contributed by atoms with van der Waals surface area (Å²) >= 11 is 0. The summed E-state index contributed by atoms with van der Waals surface area (Å²) in [4.78, 5) is -0.893. The molecule has 0 aromatic heterocycles. The largest absolute Gasteiger partial charge is 0.507 e. The highest BCUT2D eigenvalue weighted by molar-refractivity contribution is 7.89. The average Bonchev–Trinajstić information content (AvgIpc) is 2.56. The Morgan fingerprint density at radius 2 is 1.56 bits per heavy atom. The smallest absolute Gasteiger partial charge is 0.296 e. The van der Waals surface area contributed by atoms with Gasteiger partial charge < -0.3 is 15.9 Å². The lowest BCUT2D eigenvalue weighted by Gasteiger charge is -2.12. The van der Waals surface area contributed by atoms with Gasteiger partial charge in [0.1, 0.15) is 16.4 Å². The van der Waals surface area contributed by atoms with Crippen LogP contribution < -0.4 is 10.9 Å². The van der Waals surface area contributed by atoms with Crippen LogP contribution in [0, 0.1) is 0 Å². The summed E-state index contributed by atoms with van der Waals surface area (Å²) in [6.45, 7) is 0. The Hall–Kier alpha value is -2.86. The number of primary sulfonamides is 1. The molecule has 142 valence electrons. The van der Waals surface area contributed by atoms with Crippen LogP contribution in [0.5, 0.6) is 11.5 Å². The fraction of sp³-hybridized carbons (Fsp3) is 0. The van der Waals surface area contributed by atoms with Crippen molar-refractivity contribution in [2.24, 2.45) is 5.14 Å². The number of fused-ring (bicyclic) bond motifs is 1. The van der Waals surface area contributed by atoms with Gasteiger partial charge in [-0.3, -0.25) is 4.55 Å². The monoisotopic (exact) mass is 410 g/mol. The van der Waals surface area contributed by atoms with Crippen molar-refractivity contribution in [3.05, 3.63) is 42.5 Å². The summed E-state index contributed by atoms with van der Waals surface area (Å²) in [6.07, 6.45) is 0. The minimum Gasteiger partial charge on any atom is -0.507 e. The minimum atomic E-state index is -4.63. The van der Waals surface area contributed by atoms with Gasteiger partial charge in [-0.15, -0.1) is 0 Å². The van der Waals surface area contributed by atoms with Crippen molar-refractivity contribution in [2.45, 2.75) is 9.79 Å². The number of hydrogen-bond acceptors (Lipinski definition) is 7. The molecule has 0 unspecified atom stereocenters. The van der Waals surface area contributed by atoms with Crippen molar-refractivity contribution >= 4 is 36.6 Å². The van der Waals surface area contributed by atoms with E-state index < -0.39 is 36.5 Å². The van der Waals surface area contributed by atoms with Crippen LogP contribution in [0.2, 0.25) is 0 Å². The molecular weight excluding hydrogens is 396 g/mol. The van der Waals surface area contributed by atoms with Crippen LogP contribution in [0.4, 0.5) is 5.69 Å². The molecule has 0 spiro atoms. The molecule has 0 atom stereocenters. The topological polar surface area (TPSA) is 181 Å². The van der Waals surface area contributed by atoms with E-state index in [-0.39, 0.29) is 27.0 Å². The van der Waals surface area contributed by atoms with Gasteiger partial charge in [-0.1, -0.05) is 12.1 Å². The number of hydrogen-bond donors (Lipinski definition) is 5. The molecule has 3 aromatic rings. The highest BCUT2D eigenvalue weighted by Gasteiger charge is 2.20. The Kier molecular flexibility index (Phi) is 4.27. The van der Waals surface area contributed by atoms with Crippen molar-refractivity contribution in [1.82, 2.24) is 0 Å². The quantitative estimate of drug-likeness (QED) is 0.244. The zero-order valence-corrected chi connectivity index (χ0v) is 15.1. The number of rotatable bonds is 3. The summed E-state index contributed by atoms with van der Waals surface area (Å²) in [5, 5.41) is 25.8. The Morgan fingerprint density at radius 1 is 0.889 bits per heavy atom. The van der Waals surface area contributed by atoms with Crippen LogP contribution >= 0.6 is 0 Å². The number of phenols is 2. The van der Waals surface area contributed by atoms with Gasteiger partial charge in [0.2, 0.25) is 10.0 Å². The van der Waals surface area contributed by atoms with Crippen LogP contribution in [-0.2, 0) is 20.1 Å². The maximum atomic E-state index is 11.4. The maximum Gasteiger partial charge on any atom is 0.296 e. The minimum absolute atomic E-state index is 0.173. The van der Waals surface area contributed by atoms with E-state index in [0.717, 1.165) is 12.1 Å². The first-order chi connectivity index (χ1) is 12.4. The number of aromatic hydroxyl groups is 2. The number of sulfonamides is 1.